The third-order valence-corrected chi connectivity index (χ3v) is 11.0. The van der Waals surface area contributed by atoms with Crippen LogP contribution in [0.2, 0.25) is 0 Å². The smallest absolute Gasteiger partial charge is 0.111 e. The van der Waals surface area contributed by atoms with Crippen molar-refractivity contribution in [3.05, 3.63) is 173 Å². The second-order valence-corrected chi connectivity index (χ2v) is 14.3. The second kappa shape index (κ2) is 12.2. The maximum atomic E-state index is 3.92. The first-order valence-electron chi connectivity index (χ1n) is 17.8. The molecule has 6 aromatic carbocycles. The first kappa shape index (κ1) is 30.6. The predicted molar refractivity (Wildman–Crippen MR) is 210 cm³/mol. The normalized spacial score (nSPS) is 16.1. The van der Waals surface area contributed by atoms with E-state index >= 15 is 0 Å². The van der Waals surface area contributed by atoms with Crippen LogP contribution in [0.25, 0.3) is 49.5 Å². The Morgan fingerprint density at radius 2 is 1.42 bits per heavy atom. The van der Waals surface area contributed by atoms with Crippen molar-refractivity contribution >= 4 is 38.4 Å². The molecule has 2 unspecified atom stereocenters. The van der Waals surface area contributed by atoms with Gasteiger partial charge in [-0.3, -0.25) is 15.2 Å². The average Bonchev–Trinajstić information content (AvgIpc) is 3.60. The quantitative estimate of drug-likeness (QED) is 0.143. The van der Waals surface area contributed by atoms with Gasteiger partial charge in [-0.05, 0) is 80.9 Å². The van der Waals surface area contributed by atoms with Crippen molar-refractivity contribution in [2.24, 2.45) is 0 Å². The third-order valence-electron chi connectivity index (χ3n) is 11.0. The first-order valence-corrected chi connectivity index (χ1v) is 17.8. The zero-order chi connectivity index (χ0) is 33.8. The molecule has 0 saturated carbocycles. The van der Waals surface area contributed by atoms with Gasteiger partial charge in [0, 0.05) is 35.3 Å². The van der Waals surface area contributed by atoms with Gasteiger partial charge in [0.15, 0.2) is 0 Å². The minimum Gasteiger partial charge on any atom is -0.367 e. The van der Waals surface area contributed by atoms with Crippen LogP contribution < -0.4 is 16.0 Å². The SMILES string of the molecule is CC(NC(NCc1cccc2ccccc12)C1=CC=C(n2c3ccccc3c3cc4c(cc32)C(C)(C)c2ccccc2-4)NC1)c1ccccc1. The van der Waals surface area contributed by atoms with Crippen molar-refractivity contribution in [2.75, 3.05) is 6.54 Å². The molecule has 0 amide bonds. The molecule has 2 aliphatic rings. The number of fused-ring (bicyclic) bond motifs is 7. The molecule has 0 spiro atoms. The molecule has 0 fully saturated rings. The Bertz CT molecular complexity index is 2460. The van der Waals surface area contributed by atoms with E-state index in [4.69, 9.17) is 0 Å². The number of allylic oxidation sites excluding steroid dienone is 2. The minimum atomic E-state index is -0.0626. The van der Waals surface area contributed by atoms with Crippen molar-refractivity contribution in [3.8, 4) is 11.1 Å². The van der Waals surface area contributed by atoms with E-state index in [0.717, 1.165) is 18.9 Å². The number of nitrogens with one attached hydrogen (secondary N) is 3. The molecule has 4 nitrogen and oxygen atoms in total. The molecule has 0 saturated heterocycles. The van der Waals surface area contributed by atoms with Crippen LogP contribution in [0.4, 0.5) is 0 Å². The number of hydrogen-bond donors (Lipinski definition) is 3. The molecule has 4 heteroatoms. The summed E-state index contributed by atoms with van der Waals surface area (Å²) in [6, 6.07) is 48.7. The van der Waals surface area contributed by atoms with Gasteiger partial charge in [0.2, 0.25) is 0 Å². The van der Waals surface area contributed by atoms with Crippen LogP contribution in [0, 0.1) is 0 Å². The second-order valence-electron chi connectivity index (χ2n) is 14.3. The van der Waals surface area contributed by atoms with E-state index in [9.17, 15) is 0 Å². The van der Waals surface area contributed by atoms with Crippen LogP contribution in [0.3, 0.4) is 0 Å². The average molecular weight is 651 g/mol. The maximum absolute atomic E-state index is 3.92. The van der Waals surface area contributed by atoms with Gasteiger partial charge < -0.3 is 5.32 Å². The monoisotopic (exact) mass is 650 g/mol. The summed E-state index contributed by atoms with van der Waals surface area (Å²) in [4.78, 5) is 0. The standard InChI is InChI=1S/C46H42N4/c1-30(31-14-5-4-6-15-31)49-45(48-28-33-18-13-17-32-16-7-8-19-35(32)33)34-24-25-44(47-29-34)50-42-23-12-10-21-37(42)39-26-38-36-20-9-11-22-40(36)46(2,3)41(38)27-43(39)50/h4-27,30,45,47-49H,28-29H2,1-3H3. The molecule has 1 aliphatic heterocycles. The lowest BCUT2D eigenvalue weighted by molar-refractivity contribution is 0.419. The van der Waals surface area contributed by atoms with Crippen LogP contribution >= 0.6 is 0 Å². The highest BCUT2D eigenvalue weighted by molar-refractivity contribution is 6.12. The van der Waals surface area contributed by atoms with Gasteiger partial charge in [-0.15, -0.1) is 0 Å². The highest BCUT2D eigenvalue weighted by atomic mass is 15.2. The largest absolute Gasteiger partial charge is 0.367 e. The molecule has 9 rings (SSSR count). The van der Waals surface area contributed by atoms with Crippen LogP contribution in [0.5, 0.6) is 0 Å². The number of dihydropyridines is 1. The van der Waals surface area contributed by atoms with Crippen molar-refractivity contribution in [3.63, 3.8) is 0 Å². The van der Waals surface area contributed by atoms with E-state index in [1.54, 1.807) is 0 Å². The Labute approximate surface area is 294 Å². The number of nitrogens with zero attached hydrogens (tertiary/aromatic N) is 1. The zero-order valence-corrected chi connectivity index (χ0v) is 28.9. The van der Waals surface area contributed by atoms with Crippen LogP contribution in [-0.2, 0) is 12.0 Å². The maximum Gasteiger partial charge on any atom is 0.111 e. The number of para-hydroxylation sites is 1. The summed E-state index contributed by atoms with van der Waals surface area (Å²) in [5.74, 6) is 1.09. The van der Waals surface area contributed by atoms with Crippen molar-refractivity contribution in [1.82, 2.24) is 20.5 Å². The molecular weight excluding hydrogens is 609 g/mol. The van der Waals surface area contributed by atoms with Crippen LogP contribution in [-0.4, -0.2) is 17.3 Å². The van der Waals surface area contributed by atoms with Gasteiger partial charge >= 0.3 is 0 Å². The molecule has 2 heterocycles. The molecular formula is C46H42N4. The minimum absolute atomic E-state index is 0.0322. The summed E-state index contributed by atoms with van der Waals surface area (Å²) >= 11 is 0. The van der Waals surface area contributed by atoms with E-state index in [0.29, 0.717) is 0 Å². The molecule has 1 aliphatic carbocycles. The fourth-order valence-electron chi connectivity index (χ4n) is 8.31. The van der Waals surface area contributed by atoms with E-state index in [2.05, 4.69) is 187 Å². The summed E-state index contributed by atoms with van der Waals surface area (Å²) in [7, 11) is 0. The first-order chi connectivity index (χ1) is 24.5. The Balaban J connectivity index is 1.10. The number of benzene rings is 6. The molecule has 0 radical (unpaired) electrons. The van der Waals surface area contributed by atoms with E-state index in [1.807, 2.05) is 0 Å². The van der Waals surface area contributed by atoms with E-state index in [-0.39, 0.29) is 17.6 Å². The Hall–Kier alpha value is -5.42. The highest BCUT2D eigenvalue weighted by Gasteiger charge is 2.36. The third kappa shape index (κ3) is 5.06. The lowest BCUT2D eigenvalue weighted by Gasteiger charge is -2.30. The van der Waals surface area contributed by atoms with Crippen LogP contribution in [0.1, 0.15) is 49.1 Å². The molecule has 1 aromatic heterocycles. The van der Waals surface area contributed by atoms with Gasteiger partial charge in [0.25, 0.3) is 0 Å². The van der Waals surface area contributed by atoms with Crippen molar-refractivity contribution in [2.45, 2.75) is 44.9 Å². The topological polar surface area (TPSA) is 41.0 Å². The number of aromatic nitrogens is 1. The zero-order valence-electron chi connectivity index (χ0n) is 28.9. The molecule has 2 atom stereocenters. The molecule has 0 bridgehead atoms. The number of rotatable bonds is 8. The van der Waals surface area contributed by atoms with Gasteiger partial charge in [-0.2, -0.15) is 0 Å². The number of hydrogen-bond acceptors (Lipinski definition) is 3. The Morgan fingerprint density at radius 1 is 0.680 bits per heavy atom. The van der Waals surface area contributed by atoms with Crippen molar-refractivity contribution < 1.29 is 0 Å². The summed E-state index contributed by atoms with van der Waals surface area (Å²) in [6.45, 7) is 8.45. The molecule has 50 heavy (non-hydrogen) atoms. The highest BCUT2D eigenvalue weighted by Crippen LogP contribution is 2.50. The predicted octanol–water partition coefficient (Wildman–Crippen LogP) is 10.0. The molecule has 3 N–H and O–H groups in total. The van der Waals surface area contributed by atoms with Gasteiger partial charge in [0.05, 0.1) is 17.2 Å². The lowest BCUT2D eigenvalue weighted by Crippen LogP contribution is -2.47. The molecule has 7 aromatic rings. The fraction of sp³-hybridized carbons (Fsp3) is 0.174. The summed E-state index contributed by atoms with van der Waals surface area (Å²) < 4.78 is 2.43. The van der Waals surface area contributed by atoms with E-state index < -0.39 is 0 Å². The Kier molecular flexibility index (Phi) is 7.45. The lowest BCUT2D eigenvalue weighted by atomic mass is 9.82. The fourth-order valence-corrected chi connectivity index (χ4v) is 8.31. The van der Waals surface area contributed by atoms with Crippen LogP contribution in [0.15, 0.2) is 151 Å². The van der Waals surface area contributed by atoms with E-state index in [1.165, 1.54) is 71.5 Å². The van der Waals surface area contributed by atoms with Gasteiger partial charge in [0.1, 0.15) is 5.82 Å². The van der Waals surface area contributed by atoms with Gasteiger partial charge in [-0.25, -0.2) is 0 Å². The summed E-state index contributed by atoms with van der Waals surface area (Å²) in [5, 5.41) is 16.8. The van der Waals surface area contributed by atoms with Crippen molar-refractivity contribution in [1.29, 1.82) is 0 Å². The molecule has 246 valence electrons. The summed E-state index contributed by atoms with van der Waals surface area (Å²) in [6.07, 6.45) is 4.54. The summed E-state index contributed by atoms with van der Waals surface area (Å²) in [5.41, 5.74) is 11.7. The van der Waals surface area contributed by atoms with Gasteiger partial charge in [-0.1, -0.05) is 135 Å². The Morgan fingerprint density at radius 3 is 2.26 bits per heavy atom.